The molecule has 26 heavy (non-hydrogen) atoms. The van der Waals surface area contributed by atoms with E-state index in [1.54, 1.807) is 12.1 Å². The first-order valence-electron chi connectivity index (χ1n) is 9.46. The van der Waals surface area contributed by atoms with Crippen LogP contribution in [0.2, 0.25) is 5.02 Å². The summed E-state index contributed by atoms with van der Waals surface area (Å²) in [7, 11) is -3.59. The highest BCUT2D eigenvalue weighted by molar-refractivity contribution is 7.89. The first kappa shape index (κ1) is 19.6. The molecule has 2 aliphatic heterocycles. The van der Waals surface area contributed by atoms with Crippen LogP contribution in [-0.4, -0.2) is 49.7 Å². The predicted molar refractivity (Wildman–Crippen MR) is 103 cm³/mol. The lowest BCUT2D eigenvalue weighted by atomic mass is 9.92. The van der Waals surface area contributed by atoms with Crippen LogP contribution >= 0.6 is 11.6 Å². The highest BCUT2D eigenvalue weighted by Crippen LogP contribution is 2.27. The molecule has 2 atom stereocenters. The van der Waals surface area contributed by atoms with E-state index in [1.165, 1.54) is 22.9 Å². The molecule has 0 spiro atoms. The summed E-state index contributed by atoms with van der Waals surface area (Å²) in [6, 6.07) is 6.22. The summed E-state index contributed by atoms with van der Waals surface area (Å²) in [6.07, 6.45) is 4.80. The number of benzene rings is 1. The van der Waals surface area contributed by atoms with Gasteiger partial charge in [0.15, 0.2) is 0 Å². The molecule has 1 amide bonds. The van der Waals surface area contributed by atoms with Crippen molar-refractivity contribution in [2.75, 3.05) is 26.2 Å². The first-order chi connectivity index (χ1) is 12.4. The number of rotatable bonds is 4. The zero-order valence-electron chi connectivity index (χ0n) is 15.2. The minimum Gasteiger partial charge on any atom is -0.342 e. The van der Waals surface area contributed by atoms with Crippen molar-refractivity contribution in [2.24, 2.45) is 11.8 Å². The van der Waals surface area contributed by atoms with Crippen LogP contribution in [0.5, 0.6) is 0 Å². The molecule has 2 aliphatic rings. The normalized spacial score (nSPS) is 25.2. The first-order valence-corrected chi connectivity index (χ1v) is 11.3. The van der Waals surface area contributed by atoms with Crippen LogP contribution in [0, 0.1) is 11.8 Å². The summed E-state index contributed by atoms with van der Waals surface area (Å²) in [4.78, 5) is 15.1. The van der Waals surface area contributed by atoms with Gasteiger partial charge in [0.1, 0.15) is 0 Å². The Morgan fingerprint density at radius 1 is 1.12 bits per heavy atom. The molecule has 7 heteroatoms. The van der Waals surface area contributed by atoms with Crippen molar-refractivity contribution in [3.63, 3.8) is 0 Å². The fraction of sp³-hybridized carbons (Fsp3) is 0.632. The van der Waals surface area contributed by atoms with Gasteiger partial charge in [0, 0.05) is 31.2 Å². The zero-order chi connectivity index (χ0) is 18.7. The molecule has 2 unspecified atom stereocenters. The standard InChI is InChI=1S/C19H27ClN2O3S/c1-2-15-5-3-11-21(13-15)19(23)16-6-4-12-22(14-16)26(24,25)18-9-7-17(20)8-10-18/h7-10,15-16H,2-6,11-14H2,1H3. The van der Waals surface area contributed by atoms with Gasteiger partial charge in [-0.05, 0) is 55.9 Å². The van der Waals surface area contributed by atoms with E-state index < -0.39 is 10.0 Å². The monoisotopic (exact) mass is 398 g/mol. The van der Waals surface area contributed by atoms with Crippen LogP contribution in [-0.2, 0) is 14.8 Å². The number of hydrogen-bond acceptors (Lipinski definition) is 3. The van der Waals surface area contributed by atoms with E-state index in [4.69, 9.17) is 11.6 Å². The quantitative estimate of drug-likeness (QED) is 0.781. The maximum atomic E-state index is 13.0. The Kier molecular flexibility index (Phi) is 6.25. The van der Waals surface area contributed by atoms with Crippen molar-refractivity contribution in [2.45, 2.75) is 43.9 Å². The van der Waals surface area contributed by atoms with Gasteiger partial charge in [-0.3, -0.25) is 4.79 Å². The van der Waals surface area contributed by atoms with Gasteiger partial charge in [0.2, 0.25) is 15.9 Å². The molecular formula is C19H27ClN2O3S. The minimum absolute atomic E-state index is 0.124. The van der Waals surface area contributed by atoms with Gasteiger partial charge in [0.25, 0.3) is 0 Å². The molecule has 2 saturated heterocycles. The van der Waals surface area contributed by atoms with Crippen LogP contribution in [0.3, 0.4) is 0 Å². The van der Waals surface area contributed by atoms with Gasteiger partial charge in [0.05, 0.1) is 10.8 Å². The Morgan fingerprint density at radius 2 is 1.81 bits per heavy atom. The molecule has 5 nitrogen and oxygen atoms in total. The topological polar surface area (TPSA) is 57.7 Å². The van der Waals surface area contributed by atoms with Crippen LogP contribution in [0.4, 0.5) is 0 Å². The van der Waals surface area contributed by atoms with Crippen LogP contribution in [0.25, 0.3) is 0 Å². The molecule has 0 bridgehead atoms. The Balaban J connectivity index is 1.70. The fourth-order valence-corrected chi connectivity index (χ4v) is 5.62. The number of carbonyl (C=O) groups is 1. The maximum absolute atomic E-state index is 13.0. The van der Waals surface area contributed by atoms with E-state index in [-0.39, 0.29) is 23.3 Å². The second kappa shape index (κ2) is 8.28. The Labute approximate surface area is 161 Å². The highest BCUT2D eigenvalue weighted by atomic mass is 35.5. The SMILES string of the molecule is CCC1CCCN(C(=O)C2CCCN(S(=O)(=O)c3ccc(Cl)cc3)C2)C1. The summed E-state index contributed by atoms with van der Waals surface area (Å²) in [5.41, 5.74) is 0. The molecule has 2 heterocycles. The largest absolute Gasteiger partial charge is 0.342 e. The van der Waals surface area contributed by atoms with E-state index in [0.717, 1.165) is 32.4 Å². The number of sulfonamides is 1. The van der Waals surface area contributed by atoms with Gasteiger partial charge in [-0.25, -0.2) is 8.42 Å². The van der Waals surface area contributed by atoms with Crippen molar-refractivity contribution in [3.8, 4) is 0 Å². The van der Waals surface area contributed by atoms with Gasteiger partial charge >= 0.3 is 0 Å². The third kappa shape index (κ3) is 4.24. The number of amides is 1. The molecule has 144 valence electrons. The number of likely N-dealkylation sites (tertiary alicyclic amines) is 1. The average Bonchev–Trinajstić information content (AvgIpc) is 2.68. The summed E-state index contributed by atoms with van der Waals surface area (Å²) in [6.45, 7) is 4.52. The molecule has 0 saturated carbocycles. The average molecular weight is 399 g/mol. The van der Waals surface area contributed by atoms with E-state index in [2.05, 4.69) is 6.92 Å². The number of nitrogens with zero attached hydrogens (tertiary/aromatic N) is 2. The molecule has 3 rings (SSSR count). The van der Waals surface area contributed by atoms with Crippen molar-refractivity contribution in [3.05, 3.63) is 29.3 Å². The number of piperidine rings is 2. The number of carbonyl (C=O) groups excluding carboxylic acids is 1. The Hall–Kier alpha value is -1.11. The van der Waals surface area contributed by atoms with Gasteiger partial charge in [-0.15, -0.1) is 0 Å². The Bertz CT molecular complexity index is 736. The molecule has 0 radical (unpaired) electrons. The third-order valence-corrected chi connectivity index (χ3v) is 7.72. The summed E-state index contributed by atoms with van der Waals surface area (Å²) in [5, 5.41) is 0.506. The third-order valence-electron chi connectivity index (χ3n) is 5.59. The lowest BCUT2D eigenvalue weighted by molar-refractivity contribution is -0.138. The van der Waals surface area contributed by atoms with Crippen molar-refractivity contribution >= 4 is 27.5 Å². The highest BCUT2D eigenvalue weighted by Gasteiger charge is 2.36. The summed E-state index contributed by atoms with van der Waals surface area (Å²) in [5.74, 6) is 0.464. The van der Waals surface area contributed by atoms with Gasteiger partial charge in [-0.2, -0.15) is 4.31 Å². The molecule has 1 aromatic rings. The second-order valence-electron chi connectivity index (χ2n) is 7.36. The fourth-order valence-electron chi connectivity index (χ4n) is 3.97. The van der Waals surface area contributed by atoms with Crippen molar-refractivity contribution in [1.29, 1.82) is 0 Å². The second-order valence-corrected chi connectivity index (χ2v) is 9.73. The van der Waals surface area contributed by atoms with Crippen molar-refractivity contribution < 1.29 is 13.2 Å². The molecule has 0 aromatic heterocycles. The van der Waals surface area contributed by atoms with E-state index in [0.29, 0.717) is 23.9 Å². The van der Waals surface area contributed by atoms with E-state index in [9.17, 15) is 13.2 Å². The molecule has 2 fully saturated rings. The summed E-state index contributed by atoms with van der Waals surface area (Å²) < 4.78 is 27.3. The molecule has 0 N–H and O–H groups in total. The van der Waals surface area contributed by atoms with E-state index >= 15 is 0 Å². The van der Waals surface area contributed by atoms with Gasteiger partial charge < -0.3 is 4.90 Å². The van der Waals surface area contributed by atoms with Crippen molar-refractivity contribution in [1.82, 2.24) is 9.21 Å². The summed E-state index contributed by atoms with van der Waals surface area (Å²) >= 11 is 5.86. The predicted octanol–water partition coefficient (Wildman–Crippen LogP) is 3.39. The van der Waals surface area contributed by atoms with E-state index in [1.807, 2.05) is 4.90 Å². The smallest absolute Gasteiger partial charge is 0.243 e. The zero-order valence-corrected chi connectivity index (χ0v) is 16.8. The number of hydrogen-bond donors (Lipinski definition) is 0. The lowest BCUT2D eigenvalue weighted by Gasteiger charge is -2.37. The Morgan fingerprint density at radius 3 is 2.50 bits per heavy atom. The van der Waals surface area contributed by atoms with Gasteiger partial charge in [-0.1, -0.05) is 24.9 Å². The van der Waals surface area contributed by atoms with Crippen LogP contribution < -0.4 is 0 Å². The number of halogens is 1. The lowest BCUT2D eigenvalue weighted by Crippen LogP contribution is -2.49. The minimum atomic E-state index is -3.59. The maximum Gasteiger partial charge on any atom is 0.243 e. The molecule has 1 aromatic carbocycles. The molecular weight excluding hydrogens is 372 g/mol. The van der Waals surface area contributed by atoms with Crippen LogP contribution in [0.1, 0.15) is 39.0 Å². The van der Waals surface area contributed by atoms with Crippen LogP contribution in [0.15, 0.2) is 29.2 Å². The molecule has 0 aliphatic carbocycles.